The van der Waals surface area contributed by atoms with Gasteiger partial charge < -0.3 is 10.6 Å². The van der Waals surface area contributed by atoms with E-state index in [1.807, 2.05) is 0 Å². The van der Waals surface area contributed by atoms with Crippen LogP contribution in [0.25, 0.3) is 0 Å². The molecule has 0 aromatic rings. The van der Waals surface area contributed by atoms with Crippen LogP contribution in [0.2, 0.25) is 0 Å². The van der Waals surface area contributed by atoms with Crippen molar-refractivity contribution in [1.29, 1.82) is 0 Å². The van der Waals surface area contributed by atoms with Crippen LogP contribution in [-0.2, 0) is 0 Å². The van der Waals surface area contributed by atoms with Gasteiger partial charge in [-0.05, 0) is 64.5 Å². The summed E-state index contributed by atoms with van der Waals surface area (Å²) >= 11 is 2.12. The molecule has 2 atom stereocenters. The average molecular weight is 286 g/mol. The second-order valence-corrected chi connectivity index (χ2v) is 8.07. The topological polar surface area (TPSA) is 32.5 Å². The van der Waals surface area contributed by atoms with E-state index < -0.39 is 0 Å². The Morgan fingerprint density at radius 1 is 1.32 bits per heavy atom. The maximum Gasteiger partial charge on any atom is 0.0447 e. The average Bonchev–Trinajstić information content (AvgIpc) is 2.40. The first kappa shape index (κ1) is 15.6. The molecule has 0 bridgehead atoms. The second kappa shape index (κ2) is 6.79. The first-order chi connectivity index (χ1) is 9.08. The molecule has 19 heavy (non-hydrogen) atoms. The normalized spacial score (nSPS) is 34.9. The van der Waals surface area contributed by atoms with Gasteiger partial charge in [-0.15, -0.1) is 0 Å². The first-order valence-electron chi connectivity index (χ1n) is 7.80. The number of piperidine rings is 1. The summed E-state index contributed by atoms with van der Waals surface area (Å²) in [5, 5.41) is 0.691. The van der Waals surface area contributed by atoms with E-state index in [2.05, 4.69) is 42.6 Å². The molecule has 2 rings (SSSR count). The molecule has 4 heteroatoms. The third-order valence-electron chi connectivity index (χ3n) is 5.10. The second-order valence-electron chi connectivity index (χ2n) is 6.62. The maximum absolute atomic E-state index is 6.21. The molecule has 2 heterocycles. The maximum atomic E-state index is 6.21. The lowest BCUT2D eigenvalue weighted by atomic mass is 9.84. The molecule has 0 amide bonds. The molecule has 2 unspecified atom stereocenters. The number of thioether (sulfide) groups is 1. The van der Waals surface area contributed by atoms with Crippen molar-refractivity contribution in [3.05, 3.63) is 0 Å². The zero-order valence-corrected chi connectivity index (χ0v) is 13.7. The number of nitrogens with two attached hydrogens (primary N) is 1. The van der Waals surface area contributed by atoms with Gasteiger partial charge in [0.2, 0.25) is 0 Å². The largest absolute Gasteiger partial charge is 0.329 e. The van der Waals surface area contributed by atoms with Crippen molar-refractivity contribution < 1.29 is 0 Å². The Balaban J connectivity index is 1.94. The quantitative estimate of drug-likeness (QED) is 0.855. The molecule has 2 N–H and O–H groups in total. The highest BCUT2D eigenvalue weighted by Crippen LogP contribution is 2.39. The monoisotopic (exact) mass is 285 g/mol. The van der Waals surface area contributed by atoms with Gasteiger partial charge in [-0.3, -0.25) is 4.90 Å². The van der Waals surface area contributed by atoms with Gasteiger partial charge in [0.25, 0.3) is 0 Å². The zero-order valence-electron chi connectivity index (χ0n) is 12.9. The van der Waals surface area contributed by atoms with Crippen LogP contribution < -0.4 is 5.73 Å². The highest BCUT2D eigenvalue weighted by atomic mass is 32.2. The van der Waals surface area contributed by atoms with Crippen molar-refractivity contribution in [3.8, 4) is 0 Å². The summed E-state index contributed by atoms with van der Waals surface area (Å²) in [4.78, 5) is 5.06. The van der Waals surface area contributed by atoms with E-state index in [4.69, 9.17) is 5.73 Å². The summed E-state index contributed by atoms with van der Waals surface area (Å²) in [5.74, 6) is 2.20. The Labute approximate surface area is 123 Å². The van der Waals surface area contributed by atoms with Crippen molar-refractivity contribution in [3.63, 3.8) is 0 Å². The molecular weight excluding hydrogens is 254 g/mol. The standard InChI is InChI=1S/C15H31N3S/c1-13-15(12-16,7-4-10-19-13)18-8-5-14(6-9-18)11-17(2)3/h13-14H,4-12,16H2,1-3H3. The molecule has 0 spiro atoms. The smallest absolute Gasteiger partial charge is 0.0447 e. The zero-order chi connectivity index (χ0) is 13.9. The molecule has 3 nitrogen and oxygen atoms in total. The number of hydrogen-bond donors (Lipinski definition) is 1. The van der Waals surface area contributed by atoms with Crippen LogP contribution in [0.3, 0.4) is 0 Å². The third-order valence-corrected chi connectivity index (χ3v) is 6.56. The van der Waals surface area contributed by atoms with E-state index in [-0.39, 0.29) is 5.54 Å². The number of likely N-dealkylation sites (tertiary alicyclic amines) is 1. The molecule has 2 saturated heterocycles. The van der Waals surface area contributed by atoms with Gasteiger partial charge in [0, 0.05) is 23.9 Å². The summed E-state index contributed by atoms with van der Waals surface area (Å²) in [6.45, 7) is 6.97. The minimum atomic E-state index is 0.284. The van der Waals surface area contributed by atoms with Crippen molar-refractivity contribution in [1.82, 2.24) is 9.80 Å². The predicted molar refractivity (Wildman–Crippen MR) is 85.8 cm³/mol. The molecule has 0 saturated carbocycles. The molecule has 0 aromatic carbocycles. The number of nitrogens with zero attached hydrogens (tertiary/aromatic N) is 2. The van der Waals surface area contributed by atoms with Gasteiger partial charge in [-0.25, -0.2) is 0 Å². The van der Waals surface area contributed by atoms with Crippen molar-refractivity contribution >= 4 is 11.8 Å². The van der Waals surface area contributed by atoms with E-state index >= 15 is 0 Å². The van der Waals surface area contributed by atoms with Gasteiger partial charge in [0.15, 0.2) is 0 Å². The fourth-order valence-electron chi connectivity index (χ4n) is 3.89. The number of rotatable bonds is 4. The minimum Gasteiger partial charge on any atom is -0.329 e. The molecular formula is C15H31N3S. The van der Waals surface area contributed by atoms with Crippen LogP contribution in [0.5, 0.6) is 0 Å². The summed E-state index contributed by atoms with van der Waals surface area (Å²) < 4.78 is 0. The minimum absolute atomic E-state index is 0.284. The molecule has 2 aliphatic rings. The van der Waals surface area contributed by atoms with Crippen molar-refractivity contribution in [2.24, 2.45) is 11.7 Å². The van der Waals surface area contributed by atoms with Crippen LogP contribution in [-0.4, -0.2) is 66.6 Å². The Hall–Kier alpha value is 0.230. The molecule has 2 aliphatic heterocycles. The highest BCUT2D eigenvalue weighted by molar-refractivity contribution is 8.00. The van der Waals surface area contributed by atoms with Crippen LogP contribution in [0, 0.1) is 5.92 Å². The van der Waals surface area contributed by atoms with E-state index in [9.17, 15) is 0 Å². The molecule has 2 fully saturated rings. The van der Waals surface area contributed by atoms with Crippen LogP contribution in [0.1, 0.15) is 32.6 Å². The lowest BCUT2D eigenvalue weighted by Crippen LogP contribution is -2.62. The molecule has 112 valence electrons. The van der Waals surface area contributed by atoms with Crippen molar-refractivity contribution in [2.75, 3.05) is 46.0 Å². The first-order valence-corrected chi connectivity index (χ1v) is 8.85. The summed E-state index contributed by atoms with van der Waals surface area (Å²) in [6, 6.07) is 0. The van der Waals surface area contributed by atoms with E-state index in [0.29, 0.717) is 5.25 Å². The Kier molecular flexibility index (Phi) is 5.58. The Morgan fingerprint density at radius 3 is 2.53 bits per heavy atom. The van der Waals surface area contributed by atoms with Gasteiger partial charge >= 0.3 is 0 Å². The van der Waals surface area contributed by atoms with Crippen LogP contribution in [0.15, 0.2) is 0 Å². The van der Waals surface area contributed by atoms with Gasteiger partial charge in [-0.1, -0.05) is 6.92 Å². The van der Waals surface area contributed by atoms with Gasteiger partial charge in [0.05, 0.1) is 0 Å². The van der Waals surface area contributed by atoms with E-state index in [1.165, 1.54) is 51.1 Å². The molecule has 0 aromatic heterocycles. The van der Waals surface area contributed by atoms with E-state index in [0.717, 1.165) is 12.5 Å². The SMILES string of the molecule is CC1SCCCC1(CN)N1CCC(CN(C)C)CC1. The fourth-order valence-corrected chi connectivity index (χ4v) is 5.22. The Morgan fingerprint density at radius 2 is 2.00 bits per heavy atom. The predicted octanol–water partition coefficient (Wildman–Crippen LogP) is 1.87. The number of hydrogen-bond acceptors (Lipinski definition) is 4. The van der Waals surface area contributed by atoms with E-state index in [1.54, 1.807) is 0 Å². The Bertz CT molecular complexity index is 277. The molecule has 0 radical (unpaired) electrons. The van der Waals surface area contributed by atoms with Crippen molar-refractivity contribution in [2.45, 2.75) is 43.4 Å². The van der Waals surface area contributed by atoms with Gasteiger partial charge in [0.1, 0.15) is 0 Å². The summed E-state index contributed by atoms with van der Waals surface area (Å²) in [6.07, 6.45) is 5.33. The van der Waals surface area contributed by atoms with Crippen LogP contribution in [0.4, 0.5) is 0 Å². The lowest BCUT2D eigenvalue weighted by Gasteiger charge is -2.52. The van der Waals surface area contributed by atoms with Crippen LogP contribution >= 0.6 is 11.8 Å². The lowest BCUT2D eigenvalue weighted by molar-refractivity contribution is 0.0416. The third kappa shape index (κ3) is 3.46. The fraction of sp³-hybridized carbons (Fsp3) is 1.00. The summed E-state index contributed by atoms with van der Waals surface area (Å²) in [7, 11) is 4.38. The highest BCUT2D eigenvalue weighted by Gasteiger charge is 2.43. The molecule has 0 aliphatic carbocycles. The van der Waals surface area contributed by atoms with Gasteiger partial charge in [-0.2, -0.15) is 11.8 Å². The summed E-state index contributed by atoms with van der Waals surface area (Å²) in [5.41, 5.74) is 6.50.